The van der Waals surface area contributed by atoms with Crippen molar-refractivity contribution in [2.75, 3.05) is 11.1 Å². The second-order valence-corrected chi connectivity index (χ2v) is 9.15. The Morgan fingerprint density at radius 3 is 2.50 bits per heavy atom. The lowest BCUT2D eigenvalue weighted by Gasteiger charge is -2.05. The van der Waals surface area contributed by atoms with Crippen molar-refractivity contribution in [3.63, 3.8) is 0 Å². The van der Waals surface area contributed by atoms with Crippen molar-refractivity contribution < 1.29 is 13.2 Å². The zero-order chi connectivity index (χ0) is 19.3. The van der Waals surface area contributed by atoms with Crippen LogP contribution in [0.1, 0.15) is 37.8 Å². The van der Waals surface area contributed by atoms with Gasteiger partial charge in [0.25, 0.3) is 5.91 Å². The minimum Gasteiger partial charge on any atom is -0.296 e. The number of aromatic nitrogens is 2. The average molecular weight is 390 g/mol. The van der Waals surface area contributed by atoms with Crippen molar-refractivity contribution in [2.45, 2.75) is 31.0 Å². The van der Waals surface area contributed by atoms with Crippen LogP contribution in [-0.2, 0) is 14.6 Å². The highest BCUT2D eigenvalue weighted by atomic mass is 32.2. The van der Waals surface area contributed by atoms with Crippen molar-refractivity contribution >= 4 is 38.3 Å². The molecule has 7 nitrogen and oxygen atoms in total. The molecule has 0 bridgehead atoms. The van der Waals surface area contributed by atoms with E-state index in [4.69, 9.17) is 0 Å². The molecule has 0 aliphatic carbocycles. The van der Waals surface area contributed by atoms with Crippen molar-refractivity contribution in [3.8, 4) is 6.07 Å². The summed E-state index contributed by atoms with van der Waals surface area (Å²) in [5.41, 5.74) is 1.76. The van der Waals surface area contributed by atoms with Gasteiger partial charge in [-0.2, -0.15) is 5.26 Å². The third-order valence-corrected chi connectivity index (χ3v) is 6.57. The van der Waals surface area contributed by atoms with E-state index in [0.29, 0.717) is 11.5 Å². The molecule has 0 saturated carbocycles. The summed E-state index contributed by atoms with van der Waals surface area (Å²) in [4.78, 5) is 12.2. The Balaban J connectivity index is 2.17. The summed E-state index contributed by atoms with van der Waals surface area (Å²) in [6.45, 7) is 5.65. The molecule has 0 aliphatic rings. The van der Waals surface area contributed by atoms with Crippen LogP contribution in [0.4, 0.5) is 5.13 Å². The van der Waals surface area contributed by atoms with Crippen LogP contribution in [0.2, 0.25) is 0 Å². The first-order valence-electron chi connectivity index (χ1n) is 7.86. The van der Waals surface area contributed by atoms with Gasteiger partial charge in [0.2, 0.25) is 19.3 Å². The third kappa shape index (κ3) is 4.74. The monoisotopic (exact) mass is 390 g/mol. The molecule has 0 spiro atoms. The van der Waals surface area contributed by atoms with Gasteiger partial charge in [-0.3, -0.25) is 10.1 Å². The van der Waals surface area contributed by atoms with Crippen molar-refractivity contribution in [3.05, 3.63) is 41.0 Å². The number of hydrogen-bond acceptors (Lipinski definition) is 7. The highest BCUT2D eigenvalue weighted by molar-refractivity contribution is 7.93. The molecule has 1 aromatic carbocycles. The highest BCUT2D eigenvalue weighted by Gasteiger charge is 2.19. The Labute approximate surface area is 156 Å². The summed E-state index contributed by atoms with van der Waals surface area (Å²) in [7, 11) is -3.48. The van der Waals surface area contributed by atoms with Gasteiger partial charge in [-0.05, 0) is 23.1 Å². The number of sulfone groups is 1. The maximum atomic E-state index is 12.2. The van der Waals surface area contributed by atoms with Crippen LogP contribution in [0.15, 0.2) is 34.2 Å². The van der Waals surface area contributed by atoms with Crippen LogP contribution in [0.25, 0.3) is 6.08 Å². The van der Waals surface area contributed by atoms with Crippen LogP contribution in [0, 0.1) is 11.3 Å². The molecule has 2 rings (SSSR count). The fraction of sp³-hybridized carbons (Fsp3) is 0.294. The van der Waals surface area contributed by atoms with Crippen molar-refractivity contribution in [1.29, 1.82) is 5.26 Å². The molecule has 2 aromatic rings. The number of nitrogens with one attached hydrogen (secondary N) is 1. The zero-order valence-electron chi connectivity index (χ0n) is 14.6. The smallest absolute Gasteiger partial charge is 0.268 e. The maximum absolute atomic E-state index is 12.2. The van der Waals surface area contributed by atoms with Crippen LogP contribution < -0.4 is 5.32 Å². The molecule has 1 amide bonds. The Morgan fingerprint density at radius 1 is 1.31 bits per heavy atom. The molecular formula is C17H18N4O3S2. The number of rotatable bonds is 6. The summed E-state index contributed by atoms with van der Waals surface area (Å²) < 4.78 is 23.3. The Morgan fingerprint density at radius 2 is 1.96 bits per heavy atom. The quantitative estimate of drug-likeness (QED) is 0.461. The van der Waals surface area contributed by atoms with Crippen LogP contribution in [0.3, 0.4) is 0 Å². The van der Waals surface area contributed by atoms with Gasteiger partial charge in [0, 0.05) is 0 Å². The van der Waals surface area contributed by atoms with Crippen LogP contribution >= 0.6 is 11.3 Å². The fourth-order valence-electron chi connectivity index (χ4n) is 1.97. The summed E-state index contributed by atoms with van der Waals surface area (Å²) in [5, 5.41) is 18.9. The summed E-state index contributed by atoms with van der Waals surface area (Å²) in [5.74, 6) is -0.388. The molecule has 0 unspecified atom stereocenters. The summed E-state index contributed by atoms with van der Waals surface area (Å²) >= 11 is 0.753. The molecule has 1 aromatic heterocycles. The molecule has 0 aliphatic heterocycles. The van der Waals surface area contributed by atoms with Crippen molar-refractivity contribution in [2.24, 2.45) is 0 Å². The first kappa shape index (κ1) is 19.8. The maximum Gasteiger partial charge on any atom is 0.268 e. The van der Waals surface area contributed by atoms with E-state index in [2.05, 4.69) is 29.4 Å². The van der Waals surface area contributed by atoms with Crippen LogP contribution in [-0.4, -0.2) is 30.3 Å². The molecule has 1 N–H and O–H groups in total. The molecule has 136 valence electrons. The SMILES string of the molecule is CCS(=O)(=O)c1nnc(NC(=O)/C(C#N)=C\c2ccc(C(C)C)cc2)s1. The van der Waals surface area contributed by atoms with E-state index in [1.54, 1.807) is 0 Å². The molecule has 0 saturated heterocycles. The van der Waals surface area contributed by atoms with Crippen molar-refractivity contribution in [1.82, 2.24) is 10.2 Å². The third-order valence-electron chi connectivity index (χ3n) is 3.55. The fourth-order valence-corrected chi connectivity index (χ4v) is 3.95. The van der Waals surface area contributed by atoms with Gasteiger partial charge in [-0.25, -0.2) is 8.42 Å². The highest BCUT2D eigenvalue weighted by Crippen LogP contribution is 2.22. The average Bonchev–Trinajstić information content (AvgIpc) is 3.09. The molecule has 26 heavy (non-hydrogen) atoms. The Bertz CT molecular complexity index is 968. The normalized spacial score (nSPS) is 12.0. The minimum absolute atomic E-state index is 0.0262. The number of anilines is 1. The van der Waals surface area contributed by atoms with E-state index in [0.717, 1.165) is 16.9 Å². The van der Waals surface area contributed by atoms with Crippen LogP contribution in [0.5, 0.6) is 0 Å². The number of nitriles is 1. The predicted molar refractivity (Wildman–Crippen MR) is 100 cm³/mol. The number of nitrogens with zero attached hydrogens (tertiary/aromatic N) is 3. The first-order valence-corrected chi connectivity index (χ1v) is 10.3. The van der Waals surface area contributed by atoms with Gasteiger partial charge in [0.05, 0.1) is 5.75 Å². The minimum atomic E-state index is -3.48. The number of amides is 1. The lowest BCUT2D eigenvalue weighted by atomic mass is 10.0. The lowest BCUT2D eigenvalue weighted by molar-refractivity contribution is -0.112. The number of carbonyl (C=O) groups excluding carboxylic acids is 1. The van der Waals surface area contributed by atoms with E-state index < -0.39 is 15.7 Å². The number of hydrogen-bond donors (Lipinski definition) is 1. The topological polar surface area (TPSA) is 113 Å². The molecule has 0 fully saturated rings. The number of carbonyl (C=O) groups is 1. The van der Waals surface area contributed by atoms with E-state index >= 15 is 0 Å². The van der Waals surface area contributed by atoms with E-state index in [9.17, 15) is 18.5 Å². The second-order valence-electron chi connectivity index (χ2n) is 5.72. The summed E-state index contributed by atoms with van der Waals surface area (Å²) in [6, 6.07) is 9.38. The molecule has 9 heteroatoms. The van der Waals surface area contributed by atoms with Gasteiger partial charge in [-0.1, -0.05) is 56.4 Å². The largest absolute Gasteiger partial charge is 0.296 e. The van der Waals surface area contributed by atoms with Gasteiger partial charge >= 0.3 is 0 Å². The molecule has 0 radical (unpaired) electrons. The standard InChI is InChI=1S/C17H18N4O3S2/c1-4-26(23,24)17-21-20-16(25-17)19-15(22)14(10-18)9-12-5-7-13(8-6-12)11(2)3/h5-9,11H,4H2,1-3H3,(H,19,20,22)/b14-9-. The van der Waals surface area contributed by atoms with E-state index in [1.165, 1.54) is 13.0 Å². The van der Waals surface area contributed by atoms with E-state index in [-0.39, 0.29) is 20.8 Å². The van der Waals surface area contributed by atoms with Gasteiger partial charge in [0.15, 0.2) is 0 Å². The molecular weight excluding hydrogens is 372 g/mol. The number of benzene rings is 1. The lowest BCUT2D eigenvalue weighted by Crippen LogP contribution is -2.13. The van der Waals surface area contributed by atoms with Gasteiger partial charge < -0.3 is 0 Å². The Kier molecular flexibility index (Phi) is 6.23. The Hall–Kier alpha value is -2.57. The van der Waals surface area contributed by atoms with Gasteiger partial charge in [-0.15, -0.1) is 10.2 Å². The predicted octanol–water partition coefficient (Wildman–Crippen LogP) is 3.00. The molecule has 0 atom stereocenters. The first-order chi connectivity index (χ1) is 12.3. The summed E-state index contributed by atoms with van der Waals surface area (Å²) in [6.07, 6.45) is 1.46. The second kappa shape index (κ2) is 8.21. The van der Waals surface area contributed by atoms with Gasteiger partial charge in [0.1, 0.15) is 11.6 Å². The zero-order valence-corrected chi connectivity index (χ0v) is 16.2. The molecule has 1 heterocycles. The van der Waals surface area contributed by atoms with E-state index in [1.807, 2.05) is 30.3 Å².